The second-order valence-electron chi connectivity index (χ2n) is 6.29. The van der Waals surface area contributed by atoms with Crippen LogP contribution in [0.1, 0.15) is 27.9 Å². The smallest absolute Gasteiger partial charge is 0.261 e. The number of hydrogen-bond acceptors (Lipinski definition) is 6. The summed E-state index contributed by atoms with van der Waals surface area (Å²) < 4.78 is 15.8. The van der Waals surface area contributed by atoms with Crippen molar-refractivity contribution in [1.29, 1.82) is 0 Å². The van der Waals surface area contributed by atoms with Crippen LogP contribution in [-0.4, -0.2) is 38.1 Å². The van der Waals surface area contributed by atoms with Crippen molar-refractivity contribution in [2.24, 2.45) is 0 Å². The SMILES string of the molecule is COc1ccc(C(=O)C[C@@]2(O)C(=O)Nc3c(C)cccc32)c(OC)c1OC. The van der Waals surface area contributed by atoms with Gasteiger partial charge in [0.25, 0.3) is 5.91 Å². The normalized spacial score (nSPS) is 17.9. The maximum absolute atomic E-state index is 13.0. The second-order valence-corrected chi connectivity index (χ2v) is 6.29. The first-order valence-corrected chi connectivity index (χ1v) is 8.33. The first-order chi connectivity index (χ1) is 12.9. The molecule has 3 rings (SSSR count). The number of anilines is 1. The number of aliphatic hydroxyl groups is 1. The third-order valence-corrected chi connectivity index (χ3v) is 4.75. The minimum Gasteiger partial charge on any atom is -0.493 e. The van der Waals surface area contributed by atoms with Gasteiger partial charge in [-0.2, -0.15) is 0 Å². The van der Waals surface area contributed by atoms with E-state index in [0.717, 1.165) is 5.56 Å². The molecule has 1 atom stereocenters. The van der Waals surface area contributed by atoms with Gasteiger partial charge in [-0.3, -0.25) is 9.59 Å². The minimum atomic E-state index is -1.95. The molecule has 0 aliphatic carbocycles. The summed E-state index contributed by atoms with van der Waals surface area (Å²) in [6.07, 6.45) is -0.429. The standard InChI is InChI=1S/C20H21NO6/c1-11-6-5-7-13-16(11)21-19(23)20(13,24)10-14(22)12-8-9-15(25-2)18(27-4)17(12)26-3/h5-9,24H,10H2,1-4H3,(H,21,23)/t20-/m0/s1. The van der Waals surface area contributed by atoms with Gasteiger partial charge in [0, 0.05) is 5.56 Å². The van der Waals surface area contributed by atoms with E-state index in [9.17, 15) is 14.7 Å². The lowest BCUT2D eigenvalue weighted by Crippen LogP contribution is -2.36. The van der Waals surface area contributed by atoms with Crippen molar-refractivity contribution in [2.75, 3.05) is 26.6 Å². The molecule has 1 amide bonds. The van der Waals surface area contributed by atoms with Gasteiger partial charge in [0.15, 0.2) is 22.9 Å². The lowest BCUT2D eigenvalue weighted by atomic mass is 9.87. The van der Waals surface area contributed by atoms with Crippen LogP contribution in [0.5, 0.6) is 17.2 Å². The molecule has 142 valence electrons. The molecule has 0 aromatic heterocycles. The van der Waals surface area contributed by atoms with Gasteiger partial charge in [-0.25, -0.2) is 0 Å². The number of carbonyl (C=O) groups excluding carboxylic acids is 2. The molecule has 7 heteroatoms. The number of methoxy groups -OCH3 is 3. The molecule has 7 nitrogen and oxygen atoms in total. The monoisotopic (exact) mass is 371 g/mol. The van der Waals surface area contributed by atoms with Gasteiger partial charge in [-0.05, 0) is 24.6 Å². The molecule has 0 saturated heterocycles. The van der Waals surface area contributed by atoms with Crippen molar-refractivity contribution < 1.29 is 28.9 Å². The summed E-state index contributed by atoms with van der Waals surface area (Å²) in [5.41, 5.74) is -0.0147. The number of rotatable bonds is 6. The number of para-hydroxylation sites is 1. The van der Waals surface area contributed by atoms with Gasteiger partial charge < -0.3 is 24.6 Å². The van der Waals surface area contributed by atoms with E-state index in [2.05, 4.69) is 5.32 Å². The Morgan fingerprint density at radius 3 is 2.41 bits per heavy atom. The third kappa shape index (κ3) is 2.90. The number of fused-ring (bicyclic) bond motifs is 1. The molecule has 1 aliphatic heterocycles. The summed E-state index contributed by atoms with van der Waals surface area (Å²) in [4.78, 5) is 25.4. The third-order valence-electron chi connectivity index (χ3n) is 4.75. The molecule has 0 spiro atoms. The van der Waals surface area contributed by atoms with Gasteiger partial charge in [0.2, 0.25) is 5.75 Å². The number of hydrogen-bond donors (Lipinski definition) is 2. The number of benzene rings is 2. The fourth-order valence-corrected chi connectivity index (χ4v) is 3.34. The van der Waals surface area contributed by atoms with Crippen LogP contribution in [0.2, 0.25) is 0 Å². The highest BCUT2D eigenvalue weighted by Crippen LogP contribution is 2.44. The van der Waals surface area contributed by atoms with Crippen molar-refractivity contribution in [2.45, 2.75) is 18.9 Å². The van der Waals surface area contributed by atoms with Gasteiger partial charge in [0.1, 0.15) is 0 Å². The van der Waals surface area contributed by atoms with E-state index in [1.807, 2.05) is 13.0 Å². The summed E-state index contributed by atoms with van der Waals surface area (Å²) in [5, 5.41) is 13.7. The fraction of sp³-hybridized carbons (Fsp3) is 0.300. The number of nitrogens with one attached hydrogen (secondary N) is 1. The first kappa shape index (κ1) is 18.7. The van der Waals surface area contributed by atoms with Crippen LogP contribution in [0.15, 0.2) is 30.3 Å². The van der Waals surface area contributed by atoms with Gasteiger partial charge in [0.05, 0.1) is 39.0 Å². The predicted molar refractivity (Wildman–Crippen MR) is 98.8 cm³/mol. The van der Waals surface area contributed by atoms with Crippen LogP contribution in [-0.2, 0) is 10.4 Å². The van der Waals surface area contributed by atoms with Crippen molar-refractivity contribution in [3.8, 4) is 17.2 Å². The van der Waals surface area contributed by atoms with Crippen LogP contribution in [0, 0.1) is 6.92 Å². The van der Waals surface area contributed by atoms with Crippen LogP contribution in [0.25, 0.3) is 0 Å². The summed E-state index contributed by atoms with van der Waals surface area (Å²) >= 11 is 0. The minimum absolute atomic E-state index is 0.188. The van der Waals surface area contributed by atoms with E-state index in [0.29, 0.717) is 17.0 Å². The Bertz CT molecular complexity index is 923. The van der Waals surface area contributed by atoms with Crippen molar-refractivity contribution >= 4 is 17.4 Å². The topological polar surface area (TPSA) is 94.1 Å². The van der Waals surface area contributed by atoms with E-state index in [4.69, 9.17) is 14.2 Å². The maximum Gasteiger partial charge on any atom is 0.261 e. The Kier molecular flexibility index (Phi) is 4.80. The molecule has 0 radical (unpaired) electrons. The summed E-state index contributed by atoms with van der Waals surface area (Å²) in [5.74, 6) is -0.220. The lowest BCUT2D eigenvalue weighted by molar-refractivity contribution is -0.133. The number of ether oxygens (including phenoxy) is 3. The lowest BCUT2D eigenvalue weighted by Gasteiger charge is -2.21. The Morgan fingerprint density at radius 1 is 1.07 bits per heavy atom. The number of amides is 1. The zero-order chi connectivity index (χ0) is 19.8. The van der Waals surface area contributed by atoms with Crippen LogP contribution in [0.4, 0.5) is 5.69 Å². The van der Waals surface area contributed by atoms with E-state index >= 15 is 0 Å². The first-order valence-electron chi connectivity index (χ1n) is 8.33. The molecule has 1 heterocycles. The fourth-order valence-electron chi connectivity index (χ4n) is 3.34. The summed E-state index contributed by atoms with van der Waals surface area (Å²) in [7, 11) is 4.32. The largest absolute Gasteiger partial charge is 0.493 e. The number of Topliss-reactive ketones (excluding diaryl/α,β-unsaturated/α-hetero) is 1. The quantitative estimate of drug-likeness (QED) is 0.758. The average Bonchev–Trinajstić information content (AvgIpc) is 2.92. The molecule has 2 aromatic carbocycles. The molecular formula is C20H21NO6. The van der Waals surface area contributed by atoms with E-state index in [1.54, 1.807) is 18.2 Å². The zero-order valence-corrected chi connectivity index (χ0v) is 15.6. The van der Waals surface area contributed by atoms with Gasteiger partial charge in [-0.1, -0.05) is 18.2 Å². The summed E-state index contributed by atoms with van der Waals surface area (Å²) in [6, 6.07) is 8.30. The molecule has 0 bridgehead atoms. The van der Waals surface area contributed by atoms with Crippen LogP contribution < -0.4 is 19.5 Å². The van der Waals surface area contributed by atoms with Crippen molar-refractivity contribution in [1.82, 2.24) is 0 Å². The molecule has 2 aromatic rings. The van der Waals surface area contributed by atoms with Gasteiger partial charge in [-0.15, -0.1) is 0 Å². The number of carbonyl (C=O) groups is 2. The Hall–Kier alpha value is -3.06. The Balaban J connectivity index is 2.02. The highest BCUT2D eigenvalue weighted by molar-refractivity contribution is 6.10. The second kappa shape index (κ2) is 6.92. The maximum atomic E-state index is 13.0. The van der Waals surface area contributed by atoms with Crippen molar-refractivity contribution in [3.63, 3.8) is 0 Å². The van der Waals surface area contributed by atoms with Crippen LogP contribution >= 0.6 is 0 Å². The Morgan fingerprint density at radius 2 is 1.78 bits per heavy atom. The molecule has 0 saturated carbocycles. The molecule has 27 heavy (non-hydrogen) atoms. The molecular weight excluding hydrogens is 350 g/mol. The van der Waals surface area contributed by atoms with E-state index in [-0.39, 0.29) is 17.1 Å². The average molecular weight is 371 g/mol. The number of ketones is 1. The Labute approximate surface area is 156 Å². The molecule has 1 aliphatic rings. The van der Waals surface area contributed by atoms with E-state index < -0.39 is 23.7 Å². The molecule has 0 fully saturated rings. The van der Waals surface area contributed by atoms with Gasteiger partial charge >= 0.3 is 0 Å². The number of aryl methyl sites for hydroxylation is 1. The molecule has 0 unspecified atom stereocenters. The predicted octanol–water partition coefficient (Wildman–Crippen LogP) is 2.43. The molecule has 2 N–H and O–H groups in total. The van der Waals surface area contributed by atoms with Crippen molar-refractivity contribution in [3.05, 3.63) is 47.0 Å². The van der Waals surface area contributed by atoms with Crippen LogP contribution in [0.3, 0.4) is 0 Å². The highest BCUT2D eigenvalue weighted by Gasteiger charge is 2.47. The summed E-state index contributed by atoms with van der Waals surface area (Å²) in [6.45, 7) is 1.82. The zero-order valence-electron chi connectivity index (χ0n) is 15.6. The van der Waals surface area contributed by atoms with E-state index in [1.165, 1.54) is 27.4 Å². The highest BCUT2D eigenvalue weighted by atomic mass is 16.5.